The molecule has 1 N–H and O–H groups in total. The minimum Gasteiger partial charge on any atom is -0.465 e. The van der Waals surface area contributed by atoms with Crippen molar-refractivity contribution in [3.63, 3.8) is 0 Å². The first-order valence-corrected chi connectivity index (χ1v) is 10.6. The molecular weight excluding hydrogens is 485 g/mol. The van der Waals surface area contributed by atoms with Gasteiger partial charge in [0.2, 0.25) is 0 Å². The predicted molar refractivity (Wildman–Crippen MR) is 122 cm³/mol. The molecule has 0 radical (unpaired) electrons. The monoisotopic (exact) mass is 505 g/mol. The number of hydrogen-bond acceptors (Lipinski definition) is 4. The molecule has 0 atom stereocenters. The molecule has 0 bridgehead atoms. The van der Waals surface area contributed by atoms with Gasteiger partial charge in [0.1, 0.15) is 10.6 Å². The topological polar surface area (TPSA) is 55.4 Å². The molecule has 4 nitrogen and oxygen atoms in total. The van der Waals surface area contributed by atoms with Gasteiger partial charge in [0.15, 0.2) is 0 Å². The summed E-state index contributed by atoms with van der Waals surface area (Å²) in [6.07, 6.45) is 0. The molecule has 0 saturated carbocycles. The van der Waals surface area contributed by atoms with E-state index in [4.69, 9.17) is 4.74 Å². The highest BCUT2D eigenvalue weighted by Gasteiger charge is 2.26. The molecule has 0 fully saturated rings. The number of rotatable bonds is 4. The summed E-state index contributed by atoms with van der Waals surface area (Å²) in [5.74, 6) is -0.707. The van der Waals surface area contributed by atoms with Gasteiger partial charge in [0.25, 0.3) is 5.91 Å². The largest absolute Gasteiger partial charge is 0.465 e. The molecule has 6 heteroatoms. The molecule has 1 amide bonds. The SMILES string of the molecule is COC(=O)c1c(NC(=O)c2ccccc2I)sc(C)c1-c1ccc(C)cc1C. The number of halogens is 1. The second kappa shape index (κ2) is 8.45. The average Bonchev–Trinajstić information content (AvgIpc) is 2.97. The van der Waals surface area contributed by atoms with E-state index in [9.17, 15) is 9.59 Å². The Morgan fingerprint density at radius 3 is 2.43 bits per heavy atom. The van der Waals surface area contributed by atoms with Crippen LogP contribution in [-0.4, -0.2) is 19.0 Å². The van der Waals surface area contributed by atoms with Crippen LogP contribution in [0.4, 0.5) is 5.00 Å². The zero-order chi connectivity index (χ0) is 20.4. The van der Waals surface area contributed by atoms with Crippen LogP contribution in [0.1, 0.15) is 36.7 Å². The molecule has 3 aromatic rings. The van der Waals surface area contributed by atoms with Gasteiger partial charge in [-0.25, -0.2) is 4.79 Å². The Morgan fingerprint density at radius 1 is 1.07 bits per heavy atom. The summed E-state index contributed by atoms with van der Waals surface area (Å²) < 4.78 is 5.89. The second-order valence-electron chi connectivity index (χ2n) is 6.48. The molecular formula is C22H20INO3S. The summed E-state index contributed by atoms with van der Waals surface area (Å²) in [6, 6.07) is 13.4. The van der Waals surface area contributed by atoms with Crippen LogP contribution in [0.15, 0.2) is 42.5 Å². The molecule has 0 spiro atoms. The van der Waals surface area contributed by atoms with Gasteiger partial charge in [-0.15, -0.1) is 11.3 Å². The van der Waals surface area contributed by atoms with Gasteiger partial charge in [-0.2, -0.15) is 0 Å². The molecule has 0 aliphatic heterocycles. The second-order valence-corrected chi connectivity index (χ2v) is 8.87. The molecule has 0 aliphatic carbocycles. The van der Waals surface area contributed by atoms with Gasteiger partial charge in [-0.1, -0.05) is 35.9 Å². The molecule has 0 unspecified atom stereocenters. The number of carbonyl (C=O) groups excluding carboxylic acids is 2. The minimum absolute atomic E-state index is 0.247. The number of benzene rings is 2. The van der Waals surface area contributed by atoms with Gasteiger partial charge in [0.05, 0.1) is 12.7 Å². The number of methoxy groups -OCH3 is 1. The van der Waals surface area contributed by atoms with Gasteiger partial charge in [0, 0.05) is 14.0 Å². The van der Waals surface area contributed by atoms with Crippen molar-refractivity contribution in [2.75, 3.05) is 12.4 Å². The van der Waals surface area contributed by atoms with Crippen LogP contribution in [0.2, 0.25) is 0 Å². The average molecular weight is 505 g/mol. The number of ether oxygens (including phenoxy) is 1. The summed E-state index contributed by atoms with van der Waals surface area (Å²) in [5.41, 5.74) is 4.97. The van der Waals surface area contributed by atoms with Crippen molar-refractivity contribution in [1.29, 1.82) is 0 Å². The fourth-order valence-electron chi connectivity index (χ4n) is 3.16. The lowest BCUT2D eigenvalue weighted by Gasteiger charge is -2.11. The van der Waals surface area contributed by atoms with Crippen LogP contribution in [0.3, 0.4) is 0 Å². The van der Waals surface area contributed by atoms with E-state index in [0.29, 0.717) is 16.1 Å². The van der Waals surface area contributed by atoms with E-state index in [1.165, 1.54) is 18.4 Å². The van der Waals surface area contributed by atoms with Crippen LogP contribution < -0.4 is 5.32 Å². The quantitative estimate of drug-likeness (QED) is 0.351. The Bertz CT molecular complexity index is 1070. The summed E-state index contributed by atoms with van der Waals surface area (Å²) in [6.45, 7) is 6.00. The standard InChI is InChI=1S/C22H20INO3S/c1-12-9-10-15(13(2)11-12)18-14(3)28-21(19(18)22(26)27-4)24-20(25)16-7-5-6-8-17(16)23/h5-11H,1-4H3,(H,24,25). The van der Waals surface area contributed by atoms with E-state index in [1.54, 1.807) is 6.07 Å². The summed E-state index contributed by atoms with van der Waals surface area (Å²) in [7, 11) is 1.35. The van der Waals surface area contributed by atoms with Crippen molar-refractivity contribution in [3.05, 3.63) is 73.2 Å². The maximum Gasteiger partial charge on any atom is 0.341 e. The lowest BCUT2D eigenvalue weighted by atomic mass is 9.96. The highest BCUT2D eigenvalue weighted by atomic mass is 127. The minimum atomic E-state index is -0.461. The third kappa shape index (κ3) is 3.98. The van der Waals surface area contributed by atoms with E-state index in [2.05, 4.69) is 34.0 Å². The highest BCUT2D eigenvalue weighted by molar-refractivity contribution is 14.1. The third-order valence-electron chi connectivity index (χ3n) is 4.47. The zero-order valence-corrected chi connectivity index (χ0v) is 19.0. The number of nitrogens with one attached hydrogen (secondary N) is 1. The number of hydrogen-bond donors (Lipinski definition) is 1. The molecule has 1 aromatic heterocycles. The van der Waals surface area contributed by atoms with Crippen molar-refractivity contribution in [2.24, 2.45) is 0 Å². The van der Waals surface area contributed by atoms with E-state index in [-0.39, 0.29) is 5.91 Å². The highest BCUT2D eigenvalue weighted by Crippen LogP contribution is 2.41. The van der Waals surface area contributed by atoms with Crippen molar-refractivity contribution in [2.45, 2.75) is 20.8 Å². The number of aryl methyl sites for hydroxylation is 3. The van der Waals surface area contributed by atoms with Gasteiger partial charge >= 0.3 is 5.97 Å². The number of esters is 1. The third-order valence-corrected chi connectivity index (χ3v) is 6.43. The molecule has 1 heterocycles. The van der Waals surface area contributed by atoms with Crippen molar-refractivity contribution in [3.8, 4) is 11.1 Å². The Kier molecular flexibility index (Phi) is 6.20. The number of carbonyl (C=O) groups is 2. The first-order valence-electron chi connectivity index (χ1n) is 8.68. The summed E-state index contributed by atoms with van der Waals surface area (Å²) in [4.78, 5) is 26.4. The van der Waals surface area contributed by atoms with E-state index in [1.807, 2.05) is 51.1 Å². The first-order chi connectivity index (χ1) is 13.3. The van der Waals surface area contributed by atoms with Crippen molar-refractivity contribution < 1.29 is 14.3 Å². The van der Waals surface area contributed by atoms with E-state index >= 15 is 0 Å². The molecule has 2 aromatic carbocycles. The fraction of sp³-hybridized carbons (Fsp3) is 0.182. The normalized spacial score (nSPS) is 10.6. The Labute approximate surface area is 182 Å². The predicted octanol–water partition coefficient (Wildman–Crippen LogP) is 5.98. The fourth-order valence-corrected chi connectivity index (χ4v) is 4.85. The molecule has 144 valence electrons. The first kappa shape index (κ1) is 20.5. The van der Waals surface area contributed by atoms with Crippen LogP contribution in [0.5, 0.6) is 0 Å². The molecule has 28 heavy (non-hydrogen) atoms. The Morgan fingerprint density at radius 2 is 1.79 bits per heavy atom. The van der Waals surface area contributed by atoms with Gasteiger partial charge in [-0.05, 0) is 66.6 Å². The molecule has 3 rings (SSSR count). The molecule has 0 saturated heterocycles. The number of amides is 1. The van der Waals surface area contributed by atoms with Gasteiger partial charge in [-0.3, -0.25) is 4.79 Å². The van der Waals surface area contributed by atoms with Crippen LogP contribution >= 0.6 is 33.9 Å². The lowest BCUT2D eigenvalue weighted by molar-refractivity contribution is 0.0603. The van der Waals surface area contributed by atoms with Crippen LogP contribution in [0.25, 0.3) is 11.1 Å². The van der Waals surface area contributed by atoms with Crippen molar-refractivity contribution in [1.82, 2.24) is 0 Å². The maximum absolute atomic E-state index is 12.8. The Hall–Kier alpha value is -2.19. The smallest absolute Gasteiger partial charge is 0.341 e. The van der Waals surface area contributed by atoms with Crippen LogP contribution in [0, 0.1) is 24.3 Å². The van der Waals surface area contributed by atoms with Gasteiger partial charge < -0.3 is 10.1 Å². The van der Waals surface area contributed by atoms with E-state index in [0.717, 1.165) is 30.7 Å². The Balaban J connectivity index is 2.11. The van der Waals surface area contributed by atoms with E-state index < -0.39 is 5.97 Å². The number of anilines is 1. The summed E-state index contributed by atoms with van der Waals surface area (Å²) in [5, 5.41) is 3.42. The summed E-state index contributed by atoms with van der Waals surface area (Å²) >= 11 is 3.51. The molecule has 0 aliphatic rings. The zero-order valence-electron chi connectivity index (χ0n) is 16.1. The number of thiophene rings is 1. The maximum atomic E-state index is 12.8. The van der Waals surface area contributed by atoms with Crippen LogP contribution in [-0.2, 0) is 4.74 Å². The lowest BCUT2D eigenvalue weighted by Crippen LogP contribution is -2.15. The van der Waals surface area contributed by atoms with Crippen molar-refractivity contribution >= 4 is 50.8 Å².